The van der Waals surface area contributed by atoms with E-state index in [0.717, 1.165) is 3.97 Å². The lowest BCUT2D eigenvalue weighted by molar-refractivity contribution is 0.0980. The fraction of sp³-hybridized carbons (Fsp3) is 0.267. The molecule has 0 N–H and O–H groups in total. The Bertz CT molecular complexity index is 824. The van der Waals surface area contributed by atoms with Crippen LogP contribution in [0.1, 0.15) is 10.5 Å². The number of benzene rings is 1. The molecule has 116 valence electrons. The molecule has 0 bridgehead atoms. The van der Waals surface area contributed by atoms with Crippen LogP contribution in [0.5, 0.6) is 0 Å². The van der Waals surface area contributed by atoms with Gasteiger partial charge in [0, 0.05) is 19.3 Å². The third kappa shape index (κ3) is 2.22. The minimum Gasteiger partial charge on any atom is -0.308 e. The second-order valence-electron chi connectivity index (χ2n) is 5.42. The van der Waals surface area contributed by atoms with Gasteiger partial charge in [-0.05, 0) is 38.4 Å². The summed E-state index contributed by atoms with van der Waals surface area (Å²) in [6.07, 6.45) is 1.41. The summed E-state index contributed by atoms with van der Waals surface area (Å²) in [5.41, 5.74) is 0.591. The van der Waals surface area contributed by atoms with Gasteiger partial charge in [-0.3, -0.25) is 4.79 Å². The monoisotopic (exact) mass is 319 g/mol. The number of amides is 1. The number of para-hydroxylation sites is 1. The molecule has 0 aliphatic carbocycles. The Morgan fingerprint density at radius 2 is 1.82 bits per heavy atom. The van der Waals surface area contributed by atoms with Crippen LogP contribution in [0.3, 0.4) is 0 Å². The summed E-state index contributed by atoms with van der Waals surface area (Å²) in [6.45, 7) is 1.06. The number of anilines is 1. The summed E-state index contributed by atoms with van der Waals surface area (Å²) >= 11 is 0. The van der Waals surface area contributed by atoms with Gasteiger partial charge in [0.05, 0.1) is 5.69 Å². The number of aromatic nitrogens is 1. The van der Waals surface area contributed by atoms with Gasteiger partial charge in [0.15, 0.2) is 0 Å². The van der Waals surface area contributed by atoms with Crippen molar-refractivity contribution in [3.63, 3.8) is 0 Å². The molecule has 7 heteroatoms. The molecule has 22 heavy (non-hydrogen) atoms. The Hall–Kier alpha value is -2.12. The van der Waals surface area contributed by atoms with Crippen LogP contribution in [-0.4, -0.2) is 50.4 Å². The lowest BCUT2D eigenvalue weighted by atomic mass is 10.2. The van der Waals surface area contributed by atoms with Crippen LogP contribution in [0.2, 0.25) is 0 Å². The van der Waals surface area contributed by atoms with Crippen molar-refractivity contribution in [2.75, 3.05) is 32.1 Å². The van der Waals surface area contributed by atoms with E-state index in [2.05, 4.69) is 0 Å². The summed E-state index contributed by atoms with van der Waals surface area (Å²) in [5, 5.41) is 0. The molecule has 1 aliphatic heterocycles. The van der Waals surface area contributed by atoms with Gasteiger partial charge >= 0.3 is 0 Å². The number of rotatable bonds is 3. The number of carbonyl (C=O) groups excluding carboxylic acids is 1. The molecule has 2 aromatic rings. The molecule has 1 aromatic heterocycles. The summed E-state index contributed by atoms with van der Waals surface area (Å²) in [5.74, 6) is -0.305. The highest BCUT2D eigenvalue weighted by atomic mass is 32.2. The first kappa shape index (κ1) is 14.8. The average Bonchev–Trinajstić information content (AvgIpc) is 2.95. The highest BCUT2D eigenvalue weighted by molar-refractivity contribution is 7.90. The lowest BCUT2D eigenvalue weighted by Crippen LogP contribution is -2.36. The second kappa shape index (κ2) is 5.26. The molecule has 0 saturated heterocycles. The van der Waals surface area contributed by atoms with Gasteiger partial charge in [-0.15, -0.1) is 0 Å². The van der Waals surface area contributed by atoms with Crippen molar-refractivity contribution in [3.8, 4) is 0 Å². The van der Waals surface area contributed by atoms with E-state index in [-0.39, 0.29) is 16.5 Å². The van der Waals surface area contributed by atoms with Gasteiger partial charge in [-0.2, -0.15) is 0 Å². The van der Waals surface area contributed by atoms with Crippen LogP contribution in [0, 0.1) is 0 Å². The first-order chi connectivity index (χ1) is 10.4. The normalized spacial score (nSPS) is 16.3. The smallest absolute Gasteiger partial charge is 0.276 e. The van der Waals surface area contributed by atoms with E-state index in [4.69, 9.17) is 0 Å². The Morgan fingerprint density at radius 3 is 2.55 bits per heavy atom. The summed E-state index contributed by atoms with van der Waals surface area (Å²) in [7, 11) is 0.0624. The largest absolute Gasteiger partial charge is 0.308 e. The Balaban J connectivity index is 2.22. The molecule has 1 aliphatic rings. The predicted molar refractivity (Wildman–Crippen MR) is 83.7 cm³/mol. The van der Waals surface area contributed by atoms with Crippen molar-refractivity contribution in [2.24, 2.45) is 0 Å². The minimum absolute atomic E-state index is 0.150. The van der Waals surface area contributed by atoms with Gasteiger partial charge in [0.25, 0.3) is 15.9 Å². The average molecular weight is 319 g/mol. The Labute approximate surface area is 129 Å². The van der Waals surface area contributed by atoms with Crippen molar-refractivity contribution in [1.29, 1.82) is 0 Å². The maximum absolute atomic E-state index is 12.8. The van der Waals surface area contributed by atoms with Gasteiger partial charge in [-0.25, -0.2) is 12.4 Å². The third-order valence-electron chi connectivity index (χ3n) is 3.64. The van der Waals surface area contributed by atoms with Gasteiger partial charge in [0.1, 0.15) is 10.6 Å². The summed E-state index contributed by atoms with van der Waals surface area (Å²) in [4.78, 5) is 16.4. The van der Waals surface area contributed by atoms with Gasteiger partial charge < -0.3 is 9.80 Å². The van der Waals surface area contributed by atoms with Crippen LogP contribution in [0.25, 0.3) is 0 Å². The first-order valence-corrected chi connectivity index (χ1v) is 8.35. The number of fused-ring (bicyclic) bond motifs is 2. The molecular weight excluding hydrogens is 302 g/mol. The fourth-order valence-electron chi connectivity index (χ4n) is 2.52. The molecule has 0 radical (unpaired) electrons. The number of hydrogen-bond donors (Lipinski definition) is 0. The van der Waals surface area contributed by atoms with Crippen molar-refractivity contribution in [1.82, 2.24) is 8.87 Å². The highest BCUT2D eigenvalue weighted by Gasteiger charge is 2.34. The molecule has 0 saturated carbocycles. The zero-order chi connectivity index (χ0) is 15.9. The van der Waals surface area contributed by atoms with Crippen LogP contribution >= 0.6 is 0 Å². The molecule has 0 spiro atoms. The van der Waals surface area contributed by atoms with E-state index < -0.39 is 10.0 Å². The molecule has 1 amide bonds. The van der Waals surface area contributed by atoms with E-state index in [1.807, 2.05) is 19.0 Å². The van der Waals surface area contributed by atoms with Crippen molar-refractivity contribution < 1.29 is 13.2 Å². The molecule has 1 aromatic carbocycles. The molecule has 6 nitrogen and oxygen atoms in total. The first-order valence-electron chi connectivity index (χ1n) is 6.91. The molecule has 0 fully saturated rings. The fourth-order valence-corrected chi connectivity index (χ4v) is 4.05. The molecule has 0 unspecified atom stereocenters. The zero-order valence-electron chi connectivity index (χ0n) is 12.4. The van der Waals surface area contributed by atoms with E-state index in [1.165, 1.54) is 23.2 Å². The predicted octanol–water partition coefficient (Wildman–Crippen LogP) is 1.25. The van der Waals surface area contributed by atoms with Crippen LogP contribution < -0.4 is 4.90 Å². The van der Waals surface area contributed by atoms with E-state index in [1.54, 1.807) is 24.3 Å². The summed E-state index contributed by atoms with van der Waals surface area (Å²) < 4.78 is 26.6. The minimum atomic E-state index is -3.76. The van der Waals surface area contributed by atoms with Crippen molar-refractivity contribution in [2.45, 2.75) is 4.90 Å². The van der Waals surface area contributed by atoms with Crippen LogP contribution in [-0.2, 0) is 10.0 Å². The van der Waals surface area contributed by atoms with E-state index >= 15 is 0 Å². The standard InChI is InChI=1S/C15H17N3O3S/c1-16(2)10-11-17-12-6-3-4-8-14(12)22(20,21)18-9-5-7-13(18)15(17)19/h3-9H,10-11H2,1-2H3. The zero-order valence-corrected chi connectivity index (χ0v) is 13.2. The topological polar surface area (TPSA) is 62.6 Å². The van der Waals surface area contributed by atoms with Gasteiger partial charge in [-0.1, -0.05) is 12.1 Å². The van der Waals surface area contributed by atoms with E-state index in [9.17, 15) is 13.2 Å². The highest BCUT2D eigenvalue weighted by Crippen LogP contribution is 2.32. The Morgan fingerprint density at radius 1 is 1.09 bits per heavy atom. The molecular formula is C15H17N3O3S. The van der Waals surface area contributed by atoms with Crippen LogP contribution in [0.15, 0.2) is 47.5 Å². The number of nitrogens with zero attached hydrogens (tertiary/aromatic N) is 3. The summed E-state index contributed by atoms with van der Waals surface area (Å²) in [6, 6.07) is 9.73. The van der Waals surface area contributed by atoms with Crippen molar-refractivity contribution in [3.05, 3.63) is 48.3 Å². The van der Waals surface area contributed by atoms with Crippen molar-refractivity contribution >= 4 is 21.6 Å². The number of carbonyl (C=O) groups is 1. The molecule has 0 atom stereocenters. The maximum atomic E-state index is 12.8. The SMILES string of the molecule is CN(C)CCN1C(=O)c2cccn2S(=O)(=O)c2ccccc21. The molecule has 3 rings (SSSR count). The van der Waals surface area contributed by atoms with Crippen LogP contribution in [0.4, 0.5) is 5.69 Å². The number of hydrogen-bond acceptors (Lipinski definition) is 4. The number of likely N-dealkylation sites (N-methyl/N-ethyl adjacent to an activating group) is 1. The lowest BCUT2D eigenvalue weighted by Gasteiger charge is -2.23. The quantitative estimate of drug-likeness (QED) is 0.854. The van der Waals surface area contributed by atoms with Gasteiger partial charge in [0.2, 0.25) is 0 Å². The maximum Gasteiger partial charge on any atom is 0.276 e. The molecule has 2 heterocycles. The third-order valence-corrected chi connectivity index (χ3v) is 5.38. The Kier molecular flexibility index (Phi) is 3.54. The second-order valence-corrected chi connectivity index (χ2v) is 7.21. The van der Waals surface area contributed by atoms with E-state index in [0.29, 0.717) is 18.8 Å².